The standard InChI is InChI=1S/C8H12F4N4/c1-2-16-6(14-5-15-16)3-13-4-8(11,12)7(9)10/h5,7,13H,2-4H2,1H3. The zero-order valence-electron chi connectivity index (χ0n) is 8.63. The van der Waals surface area contributed by atoms with Crippen LogP contribution >= 0.6 is 0 Å². The van der Waals surface area contributed by atoms with Crippen LogP contribution in [0.3, 0.4) is 0 Å². The van der Waals surface area contributed by atoms with Gasteiger partial charge in [0.05, 0.1) is 13.1 Å². The maximum atomic E-state index is 12.5. The first-order chi connectivity index (χ1) is 7.47. The third-order valence-corrected chi connectivity index (χ3v) is 1.96. The molecule has 1 rings (SSSR count). The minimum absolute atomic E-state index is 0.0177. The number of halogens is 4. The van der Waals surface area contributed by atoms with Crippen LogP contribution in [0.5, 0.6) is 0 Å². The van der Waals surface area contributed by atoms with Gasteiger partial charge in [-0.3, -0.25) is 0 Å². The Balaban J connectivity index is 2.41. The molecule has 0 spiro atoms. The number of nitrogens with one attached hydrogen (secondary N) is 1. The van der Waals surface area contributed by atoms with E-state index in [0.29, 0.717) is 12.4 Å². The fourth-order valence-corrected chi connectivity index (χ4v) is 1.11. The van der Waals surface area contributed by atoms with Crippen molar-refractivity contribution in [3.63, 3.8) is 0 Å². The lowest BCUT2D eigenvalue weighted by atomic mass is 10.3. The first-order valence-corrected chi connectivity index (χ1v) is 4.70. The molecule has 0 unspecified atom stereocenters. The highest BCUT2D eigenvalue weighted by Crippen LogP contribution is 2.21. The summed E-state index contributed by atoms with van der Waals surface area (Å²) < 4.78 is 50.1. The van der Waals surface area contributed by atoms with Crippen molar-refractivity contribution in [2.75, 3.05) is 6.54 Å². The molecule has 16 heavy (non-hydrogen) atoms. The van der Waals surface area contributed by atoms with E-state index in [0.717, 1.165) is 0 Å². The zero-order chi connectivity index (χ0) is 12.2. The van der Waals surface area contributed by atoms with Crippen LogP contribution in [0, 0.1) is 0 Å². The first-order valence-electron chi connectivity index (χ1n) is 4.70. The van der Waals surface area contributed by atoms with E-state index in [1.54, 1.807) is 0 Å². The summed E-state index contributed by atoms with van der Waals surface area (Å²) in [5.41, 5.74) is 0. The Morgan fingerprint density at radius 2 is 2.19 bits per heavy atom. The molecule has 1 heterocycles. The molecule has 0 fully saturated rings. The van der Waals surface area contributed by atoms with Gasteiger partial charge in [-0.1, -0.05) is 0 Å². The average Bonchev–Trinajstić information content (AvgIpc) is 2.64. The molecule has 92 valence electrons. The van der Waals surface area contributed by atoms with Crippen molar-refractivity contribution in [3.8, 4) is 0 Å². The summed E-state index contributed by atoms with van der Waals surface area (Å²) in [5.74, 6) is -3.58. The summed E-state index contributed by atoms with van der Waals surface area (Å²) in [4.78, 5) is 3.81. The highest BCUT2D eigenvalue weighted by Gasteiger charge is 2.40. The van der Waals surface area contributed by atoms with E-state index in [4.69, 9.17) is 0 Å². The Morgan fingerprint density at radius 1 is 1.50 bits per heavy atom. The molecular weight excluding hydrogens is 228 g/mol. The summed E-state index contributed by atoms with van der Waals surface area (Å²) in [5, 5.41) is 6.05. The fraction of sp³-hybridized carbons (Fsp3) is 0.750. The van der Waals surface area contributed by atoms with Crippen molar-refractivity contribution in [1.82, 2.24) is 20.1 Å². The minimum atomic E-state index is -4.02. The molecule has 0 saturated heterocycles. The lowest BCUT2D eigenvalue weighted by Crippen LogP contribution is -2.38. The largest absolute Gasteiger partial charge is 0.319 e. The zero-order valence-corrected chi connectivity index (χ0v) is 8.63. The molecule has 8 heteroatoms. The third-order valence-electron chi connectivity index (χ3n) is 1.96. The molecule has 0 saturated carbocycles. The van der Waals surface area contributed by atoms with E-state index in [1.165, 1.54) is 11.0 Å². The van der Waals surface area contributed by atoms with Gasteiger partial charge < -0.3 is 5.32 Å². The number of nitrogens with zero attached hydrogens (tertiary/aromatic N) is 3. The van der Waals surface area contributed by atoms with Gasteiger partial charge in [0.15, 0.2) is 0 Å². The van der Waals surface area contributed by atoms with E-state index in [-0.39, 0.29) is 6.54 Å². The lowest BCUT2D eigenvalue weighted by Gasteiger charge is -2.15. The Morgan fingerprint density at radius 3 is 2.75 bits per heavy atom. The normalized spacial score (nSPS) is 12.4. The van der Waals surface area contributed by atoms with Crippen LogP contribution in [-0.2, 0) is 13.1 Å². The molecule has 0 bridgehead atoms. The molecular formula is C8H12F4N4. The van der Waals surface area contributed by atoms with Gasteiger partial charge in [-0.05, 0) is 6.92 Å². The van der Waals surface area contributed by atoms with Crippen molar-refractivity contribution < 1.29 is 17.6 Å². The maximum Gasteiger partial charge on any atom is 0.319 e. The summed E-state index contributed by atoms with van der Waals surface area (Å²) in [7, 11) is 0. The number of hydrogen-bond donors (Lipinski definition) is 1. The number of hydrogen-bond acceptors (Lipinski definition) is 3. The third kappa shape index (κ3) is 3.16. The smallest absolute Gasteiger partial charge is 0.304 e. The summed E-state index contributed by atoms with van der Waals surface area (Å²) >= 11 is 0. The Bertz CT molecular complexity index is 326. The maximum absolute atomic E-state index is 12.5. The topological polar surface area (TPSA) is 42.7 Å². The fourth-order valence-electron chi connectivity index (χ4n) is 1.11. The molecule has 0 amide bonds. The molecule has 0 aromatic carbocycles. The van der Waals surface area contributed by atoms with Gasteiger partial charge >= 0.3 is 12.3 Å². The van der Waals surface area contributed by atoms with Crippen molar-refractivity contribution in [2.45, 2.75) is 32.4 Å². The molecule has 1 aromatic rings. The quantitative estimate of drug-likeness (QED) is 0.762. The van der Waals surface area contributed by atoms with E-state index in [2.05, 4.69) is 15.4 Å². The van der Waals surface area contributed by atoms with Crippen LogP contribution in [0.25, 0.3) is 0 Å². The first kappa shape index (κ1) is 12.9. The van der Waals surface area contributed by atoms with E-state index >= 15 is 0 Å². The van der Waals surface area contributed by atoms with Crippen molar-refractivity contribution in [3.05, 3.63) is 12.2 Å². The van der Waals surface area contributed by atoms with Crippen molar-refractivity contribution in [1.29, 1.82) is 0 Å². The molecule has 4 nitrogen and oxygen atoms in total. The number of aromatic nitrogens is 3. The van der Waals surface area contributed by atoms with Gasteiger partial charge in [-0.25, -0.2) is 18.4 Å². The number of aryl methyl sites for hydroxylation is 1. The minimum Gasteiger partial charge on any atom is -0.304 e. The molecule has 0 atom stereocenters. The number of alkyl halides is 4. The molecule has 1 N–H and O–H groups in total. The predicted octanol–water partition coefficient (Wildman–Crippen LogP) is 1.29. The van der Waals surface area contributed by atoms with Crippen molar-refractivity contribution in [2.24, 2.45) is 0 Å². The Kier molecular flexibility index (Phi) is 4.22. The van der Waals surface area contributed by atoms with E-state index in [9.17, 15) is 17.6 Å². The molecule has 0 aliphatic rings. The van der Waals surface area contributed by atoms with Crippen LogP contribution < -0.4 is 5.32 Å². The SMILES string of the molecule is CCn1ncnc1CNCC(F)(F)C(F)F. The predicted molar refractivity (Wildman–Crippen MR) is 48.4 cm³/mol. The van der Waals surface area contributed by atoms with Gasteiger partial charge in [-0.2, -0.15) is 13.9 Å². The summed E-state index contributed by atoms with van der Waals surface area (Å²) in [6.45, 7) is 1.26. The van der Waals surface area contributed by atoms with Gasteiger partial charge in [0, 0.05) is 6.54 Å². The average molecular weight is 240 g/mol. The van der Waals surface area contributed by atoms with Crippen molar-refractivity contribution >= 4 is 0 Å². The molecule has 0 aliphatic heterocycles. The highest BCUT2D eigenvalue weighted by molar-refractivity contribution is 4.84. The molecule has 0 radical (unpaired) electrons. The second-order valence-electron chi connectivity index (χ2n) is 3.16. The Hall–Kier alpha value is -1.18. The van der Waals surface area contributed by atoms with Gasteiger partial charge in [0.1, 0.15) is 12.2 Å². The van der Waals surface area contributed by atoms with Gasteiger partial charge in [0.25, 0.3) is 0 Å². The molecule has 0 aliphatic carbocycles. The summed E-state index contributed by atoms with van der Waals surface area (Å²) in [6, 6.07) is 0. The Labute approximate surface area is 89.7 Å². The van der Waals surface area contributed by atoms with Crippen LogP contribution in [0.15, 0.2) is 6.33 Å². The van der Waals surface area contributed by atoms with E-state index in [1.807, 2.05) is 6.92 Å². The van der Waals surface area contributed by atoms with Gasteiger partial charge in [0.2, 0.25) is 0 Å². The van der Waals surface area contributed by atoms with Crippen LogP contribution in [-0.4, -0.2) is 33.7 Å². The monoisotopic (exact) mass is 240 g/mol. The van der Waals surface area contributed by atoms with Crippen LogP contribution in [0.4, 0.5) is 17.6 Å². The highest BCUT2D eigenvalue weighted by atomic mass is 19.3. The lowest BCUT2D eigenvalue weighted by molar-refractivity contribution is -0.125. The second-order valence-corrected chi connectivity index (χ2v) is 3.16. The van der Waals surface area contributed by atoms with Crippen LogP contribution in [0.2, 0.25) is 0 Å². The van der Waals surface area contributed by atoms with E-state index < -0.39 is 18.9 Å². The second kappa shape index (κ2) is 5.24. The summed E-state index contributed by atoms with van der Waals surface area (Å²) in [6.07, 6.45) is -2.38. The van der Waals surface area contributed by atoms with Crippen LogP contribution in [0.1, 0.15) is 12.7 Å². The number of rotatable bonds is 6. The molecule has 1 aromatic heterocycles. The van der Waals surface area contributed by atoms with Gasteiger partial charge in [-0.15, -0.1) is 0 Å².